The second kappa shape index (κ2) is 6.10. The van der Waals surface area contributed by atoms with E-state index in [0.29, 0.717) is 11.4 Å². The van der Waals surface area contributed by atoms with Gasteiger partial charge in [-0.05, 0) is 30.3 Å². The lowest BCUT2D eigenvalue weighted by molar-refractivity contribution is -0.133. The summed E-state index contributed by atoms with van der Waals surface area (Å²) in [5, 5.41) is 4.95. The first kappa shape index (κ1) is 13.2. The van der Waals surface area contributed by atoms with Crippen molar-refractivity contribution in [3.63, 3.8) is 0 Å². The minimum absolute atomic E-state index is 0.469. The molecule has 19 heavy (non-hydrogen) atoms. The number of carbonyl (C=O) groups is 2. The normalized spacial score (nSPS) is 9.74. The minimum Gasteiger partial charge on any atom is -0.318 e. The van der Waals surface area contributed by atoms with Gasteiger partial charge in [-0.15, -0.1) is 0 Å². The Morgan fingerprint density at radius 3 is 2.32 bits per heavy atom. The van der Waals surface area contributed by atoms with Gasteiger partial charge in [0.1, 0.15) is 0 Å². The summed E-state index contributed by atoms with van der Waals surface area (Å²) in [6, 6.07) is 10.3. The van der Waals surface area contributed by atoms with Crippen LogP contribution in [-0.2, 0) is 9.59 Å². The first-order valence-corrected chi connectivity index (χ1v) is 6.22. The SMILES string of the molecule is O=C(Nc1cccnc1)C(=O)Nc1cccc(Br)c1. The smallest absolute Gasteiger partial charge is 0.314 e. The summed E-state index contributed by atoms with van der Waals surface area (Å²) in [6.45, 7) is 0. The van der Waals surface area contributed by atoms with Crippen molar-refractivity contribution >= 4 is 39.1 Å². The molecule has 0 fully saturated rings. The van der Waals surface area contributed by atoms with Gasteiger partial charge < -0.3 is 10.6 Å². The summed E-state index contributed by atoms with van der Waals surface area (Å²) < 4.78 is 0.818. The van der Waals surface area contributed by atoms with Crippen LogP contribution < -0.4 is 10.6 Å². The monoisotopic (exact) mass is 319 g/mol. The molecule has 0 aliphatic rings. The molecule has 96 valence electrons. The molecular formula is C13H10BrN3O2. The number of carbonyl (C=O) groups excluding carboxylic acids is 2. The molecule has 0 aliphatic carbocycles. The standard InChI is InChI=1S/C13H10BrN3O2/c14-9-3-1-4-10(7-9)16-12(18)13(19)17-11-5-2-6-15-8-11/h1-8H,(H,16,18)(H,17,19). The number of nitrogens with one attached hydrogen (secondary N) is 2. The van der Waals surface area contributed by atoms with Crippen molar-refractivity contribution in [3.05, 3.63) is 53.3 Å². The molecule has 1 aromatic carbocycles. The number of anilines is 2. The summed E-state index contributed by atoms with van der Waals surface area (Å²) >= 11 is 3.28. The molecule has 1 heterocycles. The van der Waals surface area contributed by atoms with Crippen molar-refractivity contribution in [1.82, 2.24) is 4.98 Å². The molecule has 0 saturated heterocycles. The average molecular weight is 320 g/mol. The fourth-order valence-corrected chi connectivity index (χ4v) is 1.78. The Morgan fingerprint density at radius 1 is 1.00 bits per heavy atom. The number of benzene rings is 1. The lowest BCUT2D eigenvalue weighted by Crippen LogP contribution is -2.29. The van der Waals surface area contributed by atoms with E-state index in [0.717, 1.165) is 4.47 Å². The predicted molar refractivity (Wildman–Crippen MR) is 75.6 cm³/mol. The molecule has 0 unspecified atom stereocenters. The van der Waals surface area contributed by atoms with Gasteiger partial charge in [0.25, 0.3) is 0 Å². The number of amides is 2. The van der Waals surface area contributed by atoms with E-state index in [4.69, 9.17) is 0 Å². The van der Waals surface area contributed by atoms with Gasteiger partial charge in [-0.2, -0.15) is 0 Å². The van der Waals surface area contributed by atoms with Gasteiger partial charge in [-0.25, -0.2) is 0 Å². The summed E-state index contributed by atoms with van der Waals surface area (Å²) in [6.07, 6.45) is 3.04. The first-order valence-electron chi connectivity index (χ1n) is 5.43. The second-order valence-corrected chi connectivity index (χ2v) is 4.58. The highest BCUT2D eigenvalue weighted by molar-refractivity contribution is 9.10. The number of halogens is 1. The van der Waals surface area contributed by atoms with E-state index in [1.54, 1.807) is 36.5 Å². The fourth-order valence-electron chi connectivity index (χ4n) is 1.38. The van der Waals surface area contributed by atoms with E-state index in [-0.39, 0.29) is 0 Å². The zero-order chi connectivity index (χ0) is 13.7. The van der Waals surface area contributed by atoms with Crippen LogP contribution in [0.5, 0.6) is 0 Å². The van der Waals surface area contributed by atoms with E-state index in [1.165, 1.54) is 6.20 Å². The van der Waals surface area contributed by atoms with Crippen LogP contribution in [0.4, 0.5) is 11.4 Å². The summed E-state index contributed by atoms with van der Waals surface area (Å²) in [7, 11) is 0. The maximum Gasteiger partial charge on any atom is 0.314 e. The van der Waals surface area contributed by atoms with Crippen LogP contribution in [0, 0.1) is 0 Å². The number of nitrogens with zero attached hydrogens (tertiary/aromatic N) is 1. The number of pyridine rings is 1. The Kier molecular flexibility index (Phi) is 4.25. The Bertz CT molecular complexity index is 602. The largest absolute Gasteiger partial charge is 0.318 e. The quantitative estimate of drug-likeness (QED) is 0.835. The van der Waals surface area contributed by atoms with Gasteiger partial charge in [0.15, 0.2) is 0 Å². The van der Waals surface area contributed by atoms with Gasteiger partial charge in [0.05, 0.1) is 11.9 Å². The van der Waals surface area contributed by atoms with Crippen LogP contribution in [0.15, 0.2) is 53.3 Å². The highest BCUT2D eigenvalue weighted by Crippen LogP contribution is 2.15. The number of hydrogen-bond acceptors (Lipinski definition) is 3. The molecule has 0 aliphatic heterocycles. The van der Waals surface area contributed by atoms with Crippen molar-refractivity contribution in [2.24, 2.45) is 0 Å². The molecule has 0 atom stereocenters. The molecule has 2 rings (SSSR count). The lowest BCUT2D eigenvalue weighted by atomic mass is 10.3. The zero-order valence-electron chi connectivity index (χ0n) is 9.76. The summed E-state index contributed by atoms with van der Waals surface area (Å²) in [5.74, 6) is -1.48. The van der Waals surface area contributed by atoms with Crippen LogP contribution in [-0.4, -0.2) is 16.8 Å². The third kappa shape index (κ3) is 3.89. The van der Waals surface area contributed by atoms with Crippen molar-refractivity contribution in [1.29, 1.82) is 0 Å². The average Bonchev–Trinajstić information content (AvgIpc) is 2.40. The predicted octanol–water partition coefficient (Wildman–Crippen LogP) is 2.42. The molecule has 0 saturated carbocycles. The minimum atomic E-state index is -0.743. The summed E-state index contributed by atoms with van der Waals surface area (Å²) in [4.78, 5) is 27.1. The van der Waals surface area contributed by atoms with Gasteiger partial charge in [-0.1, -0.05) is 22.0 Å². The molecule has 0 spiro atoms. The molecular weight excluding hydrogens is 310 g/mol. The van der Waals surface area contributed by atoms with Crippen LogP contribution in [0.3, 0.4) is 0 Å². The number of rotatable bonds is 2. The molecule has 2 aromatic rings. The molecule has 1 aromatic heterocycles. The summed E-state index contributed by atoms with van der Waals surface area (Å²) in [5.41, 5.74) is 1.01. The van der Waals surface area contributed by atoms with E-state index in [2.05, 4.69) is 31.5 Å². The van der Waals surface area contributed by atoms with Crippen molar-refractivity contribution in [2.75, 3.05) is 10.6 Å². The van der Waals surface area contributed by atoms with E-state index in [1.807, 2.05) is 6.07 Å². The first-order chi connectivity index (χ1) is 9.15. The highest BCUT2D eigenvalue weighted by atomic mass is 79.9. The Balaban J connectivity index is 1.98. The number of hydrogen-bond donors (Lipinski definition) is 2. The lowest BCUT2D eigenvalue weighted by Gasteiger charge is -2.06. The highest BCUT2D eigenvalue weighted by Gasteiger charge is 2.13. The van der Waals surface area contributed by atoms with Crippen LogP contribution >= 0.6 is 15.9 Å². The molecule has 0 bridgehead atoms. The van der Waals surface area contributed by atoms with Gasteiger partial charge >= 0.3 is 11.8 Å². The van der Waals surface area contributed by atoms with Gasteiger partial charge in [0, 0.05) is 16.4 Å². The number of aromatic nitrogens is 1. The maximum atomic E-state index is 11.7. The van der Waals surface area contributed by atoms with Crippen molar-refractivity contribution < 1.29 is 9.59 Å². The van der Waals surface area contributed by atoms with Crippen LogP contribution in [0.25, 0.3) is 0 Å². The van der Waals surface area contributed by atoms with Crippen molar-refractivity contribution in [3.8, 4) is 0 Å². The Labute approximate surface area is 118 Å². The molecule has 2 amide bonds. The molecule has 0 radical (unpaired) electrons. The third-order valence-corrected chi connectivity index (χ3v) is 2.70. The topological polar surface area (TPSA) is 71.1 Å². The molecule has 2 N–H and O–H groups in total. The molecule has 5 nitrogen and oxygen atoms in total. The van der Waals surface area contributed by atoms with Gasteiger partial charge in [0.2, 0.25) is 0 Å². The van der Waals surface area contributed by atoms with E-state index >= 15 is 0 Å². The van der Waals surface area contributed by atoms with Gasteiger partial charge in [-0.3, -0.25) is 14.6 Å². The Hall–Kier alpha value is -2.21. The van der Waals surface area contributed by atoms with Crippen molar-refractivity contribution in [2.45, 2.75) is 0 Å². The molecule has 6 heteroatoms. The second-order valence-electron chi connectivity index (χ2n) is 3.66. The van der Waals surface area contributed by atoms with Crippen LogP contribution in [0.2, 0.25) is 0 Å². The van der Waals surface area contributed by atoms with E-state index < -0.39 is 11.8 Å². The zero-order valence-corrected chi connectivity index (χ0v) is 11.3. The third-order valence-electron chi connectivity index (χ3n) is 2.21. The van der Waals surface area contributed by atoms with Crippen LogP contribution in [0.1, 0.15) is 0 Å². The fraction of sp³-hybridized carbons (Fsp3) is 0. The maximum absolute atomic E-state index is 11.7. The van der Waals surface area contributed by atoms with E-state index in [9.17, 15) is 9.59 Å². The Morgan fingerprint density at radius 2 is 1.68 bits per heavy atom.